The summed E-state index contributed by atoms with van der Waals surface area (Å²) in [5.74, 6) is 4.00. The van der Waals surface area contributed by atoms with Gasteiger partial charge < -0.3 is 5.11 Å². The van der Waals surface area contributed by atoms with Gasteiger partial charge in [0.2, 0.25) is 0 Å². The van der Waals surface area contributed by atoms with E-state index in [1.54, 1.807) is 6.08 Å². The minimum absolute atomic E-state index is 0.520. The SMILES string of the molecule is C/C=C(/C)C1[C@@H](/C=C/C=C/C(=O)O)[C@H]2[C@@H](C[C@@H]1C)[C@@H](C)CC[C@@H]2C. The van der Waals surface area contributed by atoms with Crippen LogP contribution >= 0.6 is 0 Å². The fourth-order valence-electron chi connectivity index (χ4n) is 5.51. The second kappa shape index (κ2) is 8.18. The van der Waals surface area contributed by atoms with Gasteiger partial charge in [0.05, 0.1) is 0 Å². The van der Waals surface area contributed by atoms with Crippen LogP contribution in [0, 0.1) is 41.4 Å². The lowest BCUT2D eigenvalue weighted by atomic mass is 9.52. The zero-order valence-corrected chi connectivity index (χ0v) is 15.9. The quantitative estimate of drug-likeness (QED) is 0.406. The Kier molecular flexibility index (Phi) is 6.48. The summed E-state index contributed by atoms with van der Waals surface area (Å²) < 4.78 is 0. The molecule has 0 bridgehead atoms. The molecule has 0 radical (unpaired) electrons. The highest BCUT2D eigenvalue weighted by Gasteiger charge is 2.47. The highest BCUT2D eigenvalue weighted by Crippen LogP contribution is 2.54. The number of allylic oxidation sites excluding steroid dienone is 5. The molecule has 2 nitrogen and oxygen atoms in total. The van der Waals surface area contributed by atoms with E-state index in [0.717, 1.165) is 23.7 Å². The van der Waals surface area contributed by atoms with Crippen molar-refractivity contribution < 1.29 is 9.90 Å². The van der Waals surface area contributed by atoms with Crippen LogP contribution in [0.3, 0.4) is 0 Å². The van der Waals surface area contributed by atoms with Gasteiger partial charge in [-0.1, -0.05) is 63.5 Å². The summed E-state index contributed by atoms with van der Waals surface area (Å²) in [4.78, 5) is 10.7. The van der Waals surface area contributed by atoms with Crippen LogP contribution in [-0.4, -0.2) is 11.1 Å². The van der Waals surface area contributed by atoms with Crippen LogP contribution in [0.15, 0.2) is 36.0 Å². The first-order valence-electron chi connectivity index (χ1n) is 9.57. The Morgan fingerprint density at radius 1 is 1.04 bits per heavy atom. The highest BCUT2D eigenvalue weighted by molar-refractivity contribution is 5.80. The molecule has 2 heteroatoms. The van der Waals surface area contributed by atoms with E-state index in [1.807, 2.05) is 6.08 Å². The van der Waals surface area contributed by atoms with Gasteiger partial charge in [-0.25, -0.2) is 4.79 Å². The lowest BCUT2D eigenvalue weighted by molar-refractivity contribution is -0.131. The van der Waals surface area contributed by atoms with Crippen LogP contribution in [0.1, 0.15) is 53.9 Å². The molecule has 0 heterocycles. The first-order chi connectivity index (χ1) is 11.4. The minimum Gasteiger partial charge on any atom is -0.478 e. The molecule has 0 aromatic carbocycles. The summed E-state index contributed by atoms with van der Waals surface area (Å²) in [6.07, 6.45) is 13.5. The van der Waals surface area contributed by atoms with Crippen LogP contribution in [0.4, 0.5) is 0 Å². The molecule has 1 N–H and O–H groups in total. The molecule has 2 saturated carbocycles. The fourth-order valence-corrected chi connectivity index (χ4v) is 5.51. The number of hydrogen-bond acceptors (Lipinski definition) is 1. The molecule has 0 aromatic heterocycles. The molecule has 24 heavy (non-hydrogen) atoms. The number of carbonyl (C=O) groups is 1. The van der Waals surface area contributed by atoms with Crippen molar-refractivity contribution in [1.29, 1.82) is 0 Å². The van der Waals surface area contributed by atoms with E-state index in [4.69, 9.17) is 5.11 Å². The summed E-state index contributed by atoms with van der Waals surface area (Å²) in [6, 6.07) is 0. The van der Waals surface area contributed by atoms with E-state index in [0.29, 0.717) is 17.8 Å². The number of carboxylic acid groups (broad SMARTS) is 1. The van der Waals surface area contributed by atoms with Gasteiger partial charge in [-0.15, -0.1) is 0 Å². The summed E-state index contributed by atoms with van der Waals surface area (Å²) in [5.41, 5.74) is 1.49. The highest BCUT2D eigenvalue weighted by atomic mass is 16.4. The molecule has 2 aliphatic rings. The summed E-state index contributed by atoms with van der Waals surface area (Å²) in [6.45, 7) is 11.7. The molecule has 0 aromatic rings. The first kappa shape index (κ1) is 19.0. The second-order valence-corrected chi connectivity index (χ2v) is 8.20. The maximum absolute atomic E-state index is 10.7. The van der Waals surface area contributed by atoms with E-state index in [-0.39, 0.29) is 0 Å². The Hall–Kier alpha value is -1.31. The number of rotatable bonds is 4. The fraction of sp³-hybridized carbons (Fsp3) is 0.682. The Bertz CT molecular complexity index is 528. The van der Waals surface area contributed by atoms with Crippen LogP contribution in [-0.2, 0) is 4.79 Å². The van der Waals surface area contributed by atoms with Crippen LogP contribution in [0.2, 0.25) is 0 Å². The molecule has 0 spiro atoms. The molecule has 0 saturated heterocycles. The van der Waals surface area contributed by atoms with Crippen molar-refractivity contribution in [3.63, 3.8) is 0 Å². The predicted octanol–water partition coefficient (Wildman–Crippen LogP) is 5.72. The lowest BCUT2D eigenvalue weighted by Crippen LogP contribution is -2.46. The van der Waals surface area contributed by atoms with Crippen molar-refractivity contribution in [2.75, 3.05) is 0 Å². The van der Waals surface area contributed by atoms with E-state index in [2.05, 4.69) is 46.8 Å². The third kappa shape index (κ3) is 4.02. The van der Waals surface area contributed by atoms with Gasteiger partial charge in [0, 0.05) is 6.08 Å². The van der Waals surface area contributed by atoms with Gasteiger partial charge >= 0.3 is 5.97 Å². The summed E-state index contributed by atoms with van der Waals surface area (Å²) in [5, 5.41) is 8.81. The maximum Gasteiger partial charge on any atom is 0.328 e. The van der Waals surface area contributed by atoms with Gasteiger partial charge in [-0.2, -0.15) is 0 Å². The molecule has 1 unspecified atom stereocenters. The molecule has 2 aliphatic carbocycles. The molecule has 0 amide bonds. The van der Waals surface area contributed by atoms with Crippen LogP contribution in [0.5, 0.6) is 0 Å². The van der Waals surface area contributed by atoms with Crippen molar-refractivity contribution >= 4 is 5.97 Å². The van der Waals surface area contributed by atoms with Crippen molar-refractivity contribution in [2.45, 2.75) is 53.9 Å². The normalized spacial score (nSPS) is 40.9. The standard InChI is InChI=1S/C22H34O2/c1-6-14(2)21-17(5)13-19-15(3)11-12-16(4)22(19)18(21)9-7-8-10-20(23)24/h6-10,15-19,21-22H,11-13H2,1-5H3,(H,23,24)/b9-7+,10-8+,14-6-/t15-,16-,17-,18+,19-,21?,22-/m0/s1. The average Bonchev–Trinajstić information content (AvgIpc) is 2.53. The van der Waals surface area contributed by atoms with Crippen molar-refractivity contribution in [1.82, 2.24) is 0 Å². The molecule has 0 aliphatic heterocycles. The monoisotopic (exact) mass is 330 g/mol. The number of carboxylic acids is 1. The third-order valence-corrected chi connectivity index (χ3v) is 6.74. The van der Waals surface area contributed by atoms with E-state index < -0.39 is 5.97 Å². The molecule has 2 fully saturated rings. The first-order valence-corrected chi connectivity index (χ1v) is 9.57. The zero-order chi connectivity index (χ0) is 17.9. The predicted molar refractivity (Wildman–Crippen MR) is 101 cm³/mol. The minimum atomic E-state index is -0.879. The van der Waals surface area contributed by atoms with E-state index >= 15 is 0 Å². The van der Waals surface area contributed by atoms with Crippen LogP contribution < -0.4 is 0 Å². The summed E-state index contributed by atoms with van der Waals surface area (Å²) >= 11 is 0. The van der Waals surface area contributed by atoms with E-state index in [9.17, 15) is 4.79 Å². The molecule has 134 valence electrons. The third-order valence-electron chi connectivity index (χ3n) is 6.74. The largest absolute Gasteiger partial charge is 0.478 e. The van der Waals surface area contributed by atoms with Gasteiger partial charge in [-0.05, 0) is 61.7 Å². The van der Waals surface area contributed by atoms with Crippen molar-refractivity contribution in [3.8, 4) is 0 Å². The molecule has 7 atom stereocenters. The Balaban J connectivity index is 2.36. The van der Waals surface area contributed by atoms with E-state index in [1.165, 1.54) is 30.9 Å². The molecular weight excluding hydrogens is 296 g/mol. The topological polar surface area (TPSA) is 37.3 Å². The van der Waals surface area contributed by atoms with Gasteiger partial charge in [0.15, 0.2) is 0 Å². The maximum atomic E-state index is 10.7. The molecule has 2 rings (SSSR count). The summed E-state index contributed by atoms with van der Waals surface area (Å²) in [7, 11) is 0. The zero-order valence-electron chi connectivity index (χ0n) is 15.9. The Morgan fingerprint density at radius 3 is 2.33 bits per heavy atom. The number of aliphatic carboxylic acids is 1. The lowest BCUT2D eigenvalue weighted by Gasteiger charge is -2.53. The van der Waals surface area contributed by atoms with Crippen molar-refractivity contribution in [3.05, 3.63) is 36.0 Å². The van der Waals surface area contributed by atoms with Gasteiger partial charge in [0.1, 0.15) is 0 Å². The number of fused-ring (bicyclic) bond motifs is 1. The molecular formula is C22H34O2. The number of hydrogen-bond donors (Lipinski definition) is 1. The van der Waals surface area contributed by atoms with Gasteiger partial charge in [-0.3, -0.25) is 0 Å². The second-order valence-electron chi connectivity index (χ2n) is 8.20. The Morgan fingerprint density at radius 2 is 1.71 bits per heavy atom. The smallest absolute Gasteiger partial charge is 0.328 e. The Labute approximate surface area is 147 Å². The van der Waals surface area contributed by atoms with Gasteiger partial charge in [0.25, 0.3) is 0 Å². The average molecular weight is 331 g/mol. The van der Waals surface area contributed by atoms with Crippen LogP contribution in [0.25, 0.3) is 0 Å². The van der Waals surface area contributed by atoms with Crippen molar-refractivity contribution in [2.24, 2.45) is 41.4 Å².